The molecule has 0 aromatic heterocycles. The average Bonchev–Trinajstić information content (AvgIpc) is 2.44. The van der Waals surface area contributed by atoms with Crippen LogP contribution in [-0.2, 0) is 20.8 Å². The number of nitrogens with zero attached hydrogens (tertiary/aromatic N) is 1. The van der Waals surface area contributed by atoms with Crippen molar-refractivity contribution in [2.45, 2.75) is 6.42 Å². The fraction of sp³-hybridized carbons (Fsp3) is 0.286. The SMILES string of the molecule is NC(=S)C(Cc1ccccc1)C(=O)N1CC(=O)NC(=O)C1. The van der Waals surface area contributed by atoms with Crippen LogP contribution in [0.2, 0.25) is 0 Å². The number of imide groups is 1. The van der Waals surface area contributed by atoms with Crippen molar-refractivity contribution < 1.29 is 14.4 Å². The number of rotatable bonds is 4. The lowest BCUT2D eigenvalue weighted by Gasteiger charge is -2.28. The van der Waals surface area contributed by atoms with Gasteiger partial charge in [0.25, 0.3) is 0 Å². The second-order valence-corrected chi connectivity index (χ2v) is 5.28. The molecule has 0 spiro atoms. The maximum absolute atomic E-state index is 12.5. The van der Waals surface area contributed by atoms with Crippen LogP contribution in [0.3, 0.4) is 0 Å². The van der Waals surface area contributed by atoms with Crippen molar-refractivity contribution in [1.82, 2.24) is 10.2 Å². The molecule has 1 aromatic carbocycles. The van der Waals surface area contributed by atoms with Crippen molar-refractivity contribution in [3.63, 3.8) is 0 Å². The molecule has 7 heteroatoms. The fourth-order valence-electron chi connectivity index (χ4n) is 2.17. The number of hydrogen-bond donors (Lipinski definition) is 2. The molecule has 2 rings (SSSR count). The summed E-state index contributed by atoms with van der Waals surface area (Å²) < 4.78 is 0. The Kier molecular flexibility index (Phi) is 4.64. The van der Waals surface area contributed by atoms with Gasteiger partial charge in [-0.25, -0.2) is 0 Å². The van der Waals surface area contributed by atoms with Crippen molar-refractivity contribution >= 4 is 34.9 Å². The highest BCUT2D eigenvalue weighted by atomic mass is 32.1. The zero-order valence-corrected chi connectivity index (χ0v) is 12.1. The third kappa shape index (κ3) is 3.85. The molecule has 0 radical (unpaired) electrons. The van der Waals surface area contributed by atoms with Gasteiger partial charge in [-0.05, 0) is 12.0 Å². The number of nitrogens with two attached hydrogens (primary N) is 1. The Morgan fingerprint density at radius 1 is 1.24 bits per heavy atom. The first kappa shape index (κ1) is 15.1. The van der Waals surface area contributed by atoms with Crippen LogP contribution in [0, 0.1) is 5.92 Å². The van der Waals surface area contributed by atoms with E-state index >= 15 is 0 Å². The van der Waals surface area contributed by atoms with Gasteiger partial charge in [-0.3, -0.25) is 19.7 Å². The monoisotopic (exact) mass is 305 g/mol. The zero-order chi connectivity index (χ0) is 15.4. The molecule has 110 valence electrons. The first-order valence-electron chi connectivity index (χ1n) is 6.42. The van der Waals surface area contributed by atoms with Gasteiger partial charge in [0, 0.05) is 0 Å². The van der Waals surface area contributed by atoms with Crippen molar-refractivity contribution in [2.24, 2.45) is 11.7 Å². The van der Waals surface area contributed by atoms with E-state index in [1.165, 1.54) is 4.90 Å². The molecular formula is C14H15N3O3S. The number of carbonyl (C=O) groups is 3. The molecule has 1 saturated heterocycles. The van der Waals surface area contributed by atoms with Crippen molar-refractivity contribution in [3.8, 4) is 0 Å². The Morgan fingerprint density at radius 2 is 1.81 bits per heavy atom. The Bertz CT molecular complexity index is 572. The van der Waals surface area contributed by atoms with Crippen molar-refractivity contribution in [3.05, 3.63) is 35.9 Å². The predicted octanol–water partition coefficient (Wildman–Crippen LogP) is -0.384. The van der Waals surface area contributed by atoms with E-state index in [0.717, 1.165) is 5.56 Å². The molecule has 6 nitrogen and oxygen atoms in total. The van der Waals surface area contributed by atoms with E-state index in [4.69, 9.17) is 18.0 Å². The maximum Gasteiger partial charge on any atom is 0.246 e. The summed E-state index contributed by atoms with van der Waals surface area (Å²) >= 11 is 4.97. The molecule has 1 aliphatic heterocycles. The molecule has 1 aromatic rings. The van der Waals surface area contributed by atoms with Crippen LogP contribution in [-0.4, -0.2) is 40.7 Å². The number of thiocarbonyl (C=S) groups is 1. The standard InChI is InChI=1S/C14H15N3O3S/c15-13(21)10(6-9-4-2-1-3-5-9)14(20)17-7-11(18)16-12(19)8-17/h1-5,10H,6-8H2,(H2,15,21)(H,16,18,19). The Labute approximate surface area is 127 Å². The minimum absolute atomic E-state index is 0.0577. The average molecular weight is 305 g/mol. The maximum atomic E-state index is 12.5. The summed E-state index contributed by atoms with van der Waals surface area (Å²) in [5.74, 6) is -2.11. The van der Waals surface area contributed by atoms with Gasteiger partial charge in [0.15, 0.2) is 0 Å². The molecular weight excluding hydrogens is 290 g/mol. The molecule has 1 unspecified atom stereocenters. The van der Waals surface area contributed by atoms with Crippen LogP contribution in [0.5, 0.6) is 0 Å². The Hall–Kier alpha value is -2.28. The molecule has 0 saturated carbocycles. The summed E-state index contributed by atoms with van der Waals surface area (Å²) in [7, 11) is 0. The van der Waals surface area contributed by atoms with Gasteiger partial charge in [0.1, 0.15) is 13.1 Å². The lowest BCUT2D eigenvalue weighted by Crippen LogP contribution is -2.55. The summed E-state index contributed by atoms with van der Waals surface area (Å²) in [6.45, 7) is -0.309. The third-order valence-electron chi connectivity index (χ3n) is 3.18. The largest absolute Gasteiger partial charge is 0.393 e. The number of carbonyl (C=O) groups excluding carboxylic acids is 3. The van der Waals surface area contributed by atoms with E-state index in [1.807, 2.05) is 30.3 Å². The highest BCUT2D eigenvalue weighted by molar-refractivity contribution is 7.80. The van der Waals surface area contributed by atoms with Gasteiger partial charge in [-0.1, -0.05) is 42.5 Å². The van der Waals surface area contributed by atoms with E-state index in [9.17, 15) is 14.4 Å². The number of amides is 3. The zero-order valence-electron chi connectivity index (χ0n) is 11.2. The van der Waals surface area contributed by atoms with Crippen LogP contribution >= 0.6 is 12.2 Å². The van der Waals surface area contributed by atoms with Crippen molar-refractivity contribution in [1.29, 1.82) is 0 Å². The Balaban J connectivity index is 2.14. The van der Waals surface area contributed by atoms with Crippen LogP contribution in [0.1, 0.15) is 5.56 Å². The third-order valence-corrected chi connectivity index (χ3v) is 3.47. The fourth-order valence-corrected chi connectivity index (χ4v) is 2.36. The van der Waals surface area contributed by atoms with Gasteiger partial charge in [0.05, 0.1) is 10.9 Å². The lowest BCUT2D eigenvalue weighted by atomic mass is 9.97. The van der Waals surface area contributed by atoms with Crippen LogP contribution in [0.25, 0.3) is 0 Å². The minimum Gasteiger partial charge on any atom is -0.393 e. The van der Waals surface area contributed by atoms with Gasteiger partial charge >= 0.3 is 0 Å². The Morgan fingerprint density at radius 3 is 2.33 bits per heavy atom. The molecule has 0 bridgehead atoms. The van der Waals surface area contributed by atoms with E-state index in [2.05, 4.69) is 5.32 Å². The summed E-state index contributed by atoms with van der Waals surface area (Å²) in [5, 5.41) is 2.15. The van der Waals surface area contributed by atoms with Crippen LogP contribution in [0.4, 0.5) is 0 Å². The van der Waals surface area contributed by atoms with Gasteiger partial charge in [0.2, 0.25) is 17.7 Å². The molecule has 1 atom stereocenters. The topological polar surface area (TPSA) is 92.5 Å². The number of hydrogen-bond acceptors (Lipinski definition) is 4. The van der Waals surface area contributed by atoms with Crippen LogP contribution < -0.4 is 11.1 Å². The molecule has 21 heavy (non-hydrogen) atoms. The highest BCUT2D eigenvalue weighted by Crippen LogP contribution is 2.13. The number of benzene rings is 1. The van der Waals surface area contributed by atoms with E-state index in [1.54, 1.807) is 0 Å². The lowest BCUT2D eigenvalue weighted by molar-refractivity contribution is -0.146. The number of nitrogens with one attached hydrogen (secondary N) is 1. The molecule has 1 aliphatic rings. The smallest absolute Gasteiger partial charge is 0.246 e. The summed E-state index contributed by atoms with van der Waals surface area (Å²) in [4.78, 5) is 36.4. The van der Waals surface area contributed by atoms with Gasteiger partial charge < -0.3 is 10.6 Å². The highest BCUT2D eigenvalue weighted by Gasteiger charge is 2.32. The summed E-state index contributed by atoms with van der Waals surface area (Å²) in [6, 6.07) is 9.32. The van der Waals surface area contributed by atoms with Crippen LogP contribution in [0.15, 0.2) is 30.3 Å². The van der Waals surface area contributed by atoms with E-state index in [0.29, 0.717) is 6.42 Å². The normalized spacial score (nSPS) is 16.3. The van der Waals surface area contributed by atoms with E-state index < -0.39 is 23.6 Å². The van der Waals surface area contributed by atoms with E-state index in [-0.39, 0.29) is 18.1 Å². The molecule has 1 fully saturated rings. The second-order valence-electron chi connectivity index (χ2n) is 4.81. The molecule has 1 heterocycles. The molecule has 0 aliphatic carbocycles. The second kappa shape index (κ2) is 6.45. The first-order chi connectivity index (χ1) is 9.97. The number of piperazine rings is 1. The first-order valence-corrected chi connectivity index (χ1v) is 6.83. The predicted molar refractivity (Wildman–Crippen MR) is 80.2 cm³/mol. The minimum atomic E-state index is -0.721. The summed E-state index contributed by atoms with van der Waals surface area (Å²) in [5.41, 5.74) is 6.57. The molecule has 3 N–H and O–H groups in total. The van der Waals surface area contributed by atoms with Crippen molar-refractivity contribution in [2.75, 3.05) is 13.1 Å². The van der Waals surface area contributed by atoms with Gasteiger partial charge in [-0.2, -0.15) is 0 Å². The summed E-state index contributed by atoms with van der Waals surface area (Å²) in [6.07, 6.45) is 0.349. The quantitative estimate of drug-likeness (QED) is 0.584. The van der Waals surface area contributed by atoms with Gasteiger partial charge in [-0.15, -0.1) is 0 Å². The molecule has 3 amide bonds.